The Morgan fingerprint density at radius 2 is 2.03 bits per heavy atom. The van der Waals surface area contributed by atoms with Crippen LogP contribution in [0.3, 0.4) is 0 Å². The van der Waals surface area contributed by atoms with Gasteiger partial charge in [0, 0.05) is 12.2 Å². The van der Waals surface area contributed by atoms with Gasteiger partial charge in [0.1, 0.15) is 5.56 Å². The van der Waals surface area contributed by atoms with Gasteiger partial charge in [0.15, 0.2) is 0 Å². The van der Waals surface area contributed by atoms with E-state index in [9.17, 15) is 19.2 Å². The highest BCUT2D eigenvalue weighted by molar-refractivity contribution is 6.39. The van der Waals surface area contributed by atoms with Gasteiger partial charge in [-0.3, -0.25) is 19.2 Å². The van der Waals surface area contributed by atoms with Crippen LogP contribution in [0.15, 0.2) is 30.5 Å². The fourth-order valence-electron chi connectivity index (χ4n) is 4.35. The molecule has 4 amide bonds. The first-order valence-corrected chi connectivity index (χ1v) is 10.6. The van der Waals surface area contributed by atoms with Crippen molar-refractivity contribution in [2.75, 3.05) is 24.3 Å². The van der Waals surface area contributed by atoms with E-state index in [4.69, 9.17) is 10.5 Å². The van der Waals surface area contributed by atoms with Crippen LogP contribution < -0.4 is 21.1 Å². The predicted octanol–water partition coefficient (Wildman–Crippen LogP) is 1.62. The average Bonchev–Trinajstić information content (AvgIpc) is 3.17. The highest BCUT2D eigenvalue weighted by Gasteiger charge is 2.35. The molecule has 0 radical (unpaired) electrons. The Morgan fingerprint density at radius 3 is 2.76 bits per heavy atom. The van der Waals surface area contributed by atoms with Crippen LogP contribution in [0.25, 0.3) is 0 Å². The minimum atomic E-state index is -0.838. The summed E-state index contributed by atoms with van der Waals surface area (Å²) < 4.78 is 5.00. The topological polar surface area (TPSA) is 144 Å². The lowest BCUT2D eigenvalue weighted by molar-refractivity contribution is -0.146. The van der Waals surface area contributed by atoms with E-state index in [-0.39, 0.29) is 35.0 Å². The number of aromatic nitrogens is 1. The number of piperidine rings is 1. The molecule has 2 aliphatic rings. The fourth-order valence-corrected chi connectivity index (χ4v) is 4.35. The summed E-state index contributed by atoms with van der Waals surface area (Å²) in [5.74, 6) is -2.08. The van der Waals surface area contributed by atoms with Crippen molar-refractivity contribution in [1.82, 2.24) is 9.88 Å². The number of anilines is 2. The van der Waals surface area contributed by atoms with Gasteiger partial charge in [-0.15, -0.1) is 0 Å². The fraction of sp³-hybridized carbons (Fsp3) is 0.348. The number of nitrogens with zero attached hydrogens (tertiary/aromatic N) is 2. The van der Waals surface area contributed by atoms with Gasteiger partial charge in [-0.25, -0.2) is 4.98 Å². The molecule has 33 heavy (non-hydrogen) atoms. The number of benzene rings is 1. The Kier molecular flexibility index (Phi) is 5.99. The first kappa shape index (κ1) is 22.3. The molecule has 0 aliphatic carbocycles. The molecule has 3 heterocycles. The van der Waals surface area contributed by atoms with Gasteiger partial charge in [0.25, 0.3) is 5.91 Å². The second-order valence-electron chi connectivity index (χ2n) is 8.40. The normalized spacial score (nSPS) is 19.5. The molecule has 4 rings (SSSR count). The van der Waals surface area contributed by atoms with Gasteiger partial charge in [-0.1, -0.05) is 19.1 Å². The van der Waals surface area contributed by atoms with Gasteiger partial charge < -0.3 is 26.0 Å². The number of ether oxygens (including phenoxy) is 1. The van der Waals surface area contributed by atoms with E-state index < -0.39 is 17.7 Å². The van der Waals surface area contributed by atoms with Gasteiger partial charge in [0.05, 0.1) is 31.5 Å². The zero-order chi connectivity index (χ0) is 23.7. The van der Waals surface area contributed by atoms with E-state index in [0.717, 1.165) is 23.2 Å². The summed E-state index contributed by atoms with van der Waals surface area (Å²) in [6, 6.07) is 6.69. The third kappa shape index (κ3) is 4.50. The van der Waals surface area contributed by atoms with Crippen molar-refractivity contribution in [3.05, 3.63) is 47.2 Å². The Hall–Kier alpha value is -3.95. The molecule has 2 aromatic rings. The molecule has 4 N–H and O–H groups in total. The molecular weight excluding hydrogens is 426 g/mol. The molecule has 1 aromatic heterocycles. The molecule has 0 saturated carbocycles. The average molecular weight is 451 g/mol. The van der Waals surface area contributed by atoms with Crippen LogP contribution in [0.4, 0.5) is 11.4 Å². The van der Waals surface area contributed by atoms with Crippen molar-refractivity contribution in [2.45, 2.75) is 32.2 Å². The number of methoxy groups -OCH3 is 1. The summed E-state index contributed by atoms with van der Waals surface area (Å²) in [7, 11) is 1.35. The molecule has 2 aliphatic heterocycles. The van der Waals surface area contributed by atoms with Gasteiger partial charge >= 0.3 is 11.8 Å². The van der Waals surface area contributed by atoms with Crippen molar-refractivity contribution < 1.29 is 23.9 Å². The Labute approximate surface area is 190 Å². The number of likely N-dealkylation sites (tertiary alicyclic amines) is 1. The summed E-state index contributed by atoms with van der Waals surface area (Å²) in [4.78, 5) is 54.9. The first-order chi connectivity index (χ1) is 15.8. The Morgan fingerprint density at radius 1 is 1.24 bits per heavy atom. The molecule has 0 spiro atoms. The molecule has 1 unspecified atom stereocenters. The quantitative estimate of drug-likeness (QED) is 0.603. The largest absolute Gasteiger partial charge is 0.480 e. The number of hydrogen-bond donors (Lipinski definition) is 3. The van der Waals surface area contributed by atoms with E-state index in [2.05, 4.69) is 15.6 Å². The van der Waals surface area contributed by atoms with Gasteiger partial charge in [0.2, 0.25) is 11.8 Å². The highest BCUT2D eigenvalue weighted by atomic mass is 16.5. The van der Waals surface area contributed by atoms with E-state index in [1.54, 1.807) is 4.90 Å². The van der Waals surface area contributed by atoms with Crippen LogP contribution in [0.5, 0.6) is 5.88 Å². The van der Waals surface area contributed by atoms with Crippen LogP contribution in [0.2, 0.25) is 0 Å². The third-order valence-corrected chi connectivity index (χ3v) is 5.98. The van der Waals surface area contributed by atoms with Crippen LogP contribution in [-0.4, -0.2) is 47.2 Å². The zero-order valence-electron chi connectivity index (χ0n) is 18.4. The lowest BCUT2D eigenvalue weighted by atomic mass is 9.89. The van der Waals surface area contributed by atoms with Crippen LogP contribution in [0, 0.1) is 5.92 Å². The Balaban J connectivity index is 1.55. The van der Waals surface area contributed by atoms with Crippen molar-refractivity contribution in [1.29, 1.82) is 0 Å². The molecule has 172 valence electrons. The van der Waals surface area contributed by atoms with Crippen molar-refractivity contribution in [3.63, 3.8) is 0 Å². The van der Waals surface area contributed by atoms with E-state index in [1.165, 1.54) is 19.4 Å². The molecule has 10 nitrogen and oxygen atoms in total. The summed E-state index contributed by atoms with van der Waals surface area (Å²) in [6.45, 7) is 2.46. The van der Waals surface area contributed by atoms with E-state index in [1.807, 2.05) is 25.1 Å². The number of amides is 4. The summed E-state index contributed by atoms with van der Waals surface area (Å²) >= 11 is 0. The number of carbonyl (C=O) groups is 4. The number of primary amides is 1. The SMILES string of the molecule is COc1ncc(NC(=O)C(=O)N2C[C@@H](C)CCC2c2ccc3c(c2)CC(=O)N3)cc1C(N)=O. The summed E-state index contributed by atoms with van der Waals surface area (Å²) in [5.41, 5.74) is 8.05. The molecule has 0 bridgehead atoms. The van der Waals surface area contributed by atoms with Crippen LogP contribution in [-0.2, 0) is 20.8 Å². The molecule has 1 aromatic carbocycles. The number of pyridine rings is 1. The van der Waals surface area contributed by atoms with Crippen molar-refractivity contribution in [3.8, 4) is 5.88 Å². The number of fused-ring (bicyclic) bond motifs is 1. The maximum Gasteiger partial charge on any atom is 0.313 e. The maximum absolute atomic E-state index is 13.2. The number of carbonyl (C=O) groups excluding carboxylic acids is 4. The second kappa shape index (κ2) is 8.89. The zero-order valence-corrected chi connectivity index (χ0v) is 18.4. The molecule has 10 heteroatoms. The highest BCUT2D eigenvalue weighted by Crippen LogP contribution is 2.36. The monoisotopic (exact) mass is 451 g/mol. The van der Waals surface area contributed by atoms with Gasteiger partial charge in [-0.05, 0) is 42.0 Å². The summed E-state index contributed by atoms with van der Waals surface area (Å²) in [6.07, 6.45) is 3.20. The standard InChI is InChI=1S/C23H25N5O5/c1-12-3-6-18(13-4-5-17-14(7-13)8-19(29)27-17)28(11-12)23(32)21(31)26-15-9-16(20(24)30)22(33-2)25-10-15/h4-5,7,9-10,12,18H,3,6,8,11H2,1-2H3,(H2,24,30)(H,26,31)(H,27,29)/t12-,18?/m0/s1. The van der Waals surface area contributed by atoms with E-state index in [0.29, 0.717) is 19.4 Å². The molecule has 1 saturated heterocycles. The second-order valence-corrected chi connectivity index (χ2v) is 8.40. The number of nitrogens with one attached hydrogen (secondary N) is 2. The van der Waals surface area contributed by atoms with Crippen LogP contribution >= 0.6 is 0 Å². The molecular formula is C23H25N5O5. The molecule has 1 fully saturated rings. The lowest BCUT2D eigenvalue weighted by Crippen LogP contribution is -2.46. The lowest BCUT2D eigenvalue weighted by Gasteiger charge is -2.38. The first-order valence-electron chi connectivity index (χ1n) is 10.6. The summed E-state index contributed by atoms with van der Waals surface area (Å²) in [5, 5.41) is 5.31. The number of rotatable bonds is 4. The third-order valence-electron chi connectivity index (χ3n) is 5.98. The molecule has 2 atom stereocenters. The Bertz CT molecular complexity index is 1150. The minimum Gasteiger partial charge on any atom is -0.480 e. The smallest absolute Gasteiger partial charge is 0.313 e. The van der Waals surface area contributed by atoms with Crippen LogP contribution in [0.1, 0.15) is 47.3 Å². The number of hydrogen-bond acceptors (Lipinski definition) is 6. The van der Waals surface area contributed by atoms with E-state index >= 15 is 0 Å². The predicted molar refractivity (Wildman–Crippen MR) is 120 cm³/mol. The van der Waals surface area contributed by atoms with Crippen molar-refractivity contribution in [2.24, 2.45) is 11.7 Å². The van der Waals surface area contributed by atoms with Crippen molar-refractivity contribution >= 4 is 35.0 Å². The minimum absolute atomic E-state index is 0.00600. The number of nitrogens with two attached hydrogens (primary N) is 1. The maximum atomic E-state index is 13.2. The van der Waals surface area contributed by atoms with Gasteiger partial charge in [-0.2, -0.15) is 0 Å².